The molecule has 0 fully saturated rings. The highest BCUT2D eigenvalue weighted by Crippen LogP contribution is 2.26. The molecule has 2 N–H and O–H groups in total. The third-order valence-electron chi connectivity index (χ3n) is 3.07. The van der Waals surface area contributed by atoms with E-state index in [9.17, 15) is 0 Å². The SMILES string of the molecule is CCc1nn(C)c(CC(N)c2cncc(Br)c2)c1Br. The van der Waals surface area contributed by atoms with Gasteiger partial charge in [0.1, 0.15) is 0 Å². The number of pyridine rings is 1. The lowest BCUT2D eigenvalue weighted by atomic mass is 10.0. The van der Waals surface area contributed by atoms with Crippen molar-refractivity contribution in [1.29, 1.82) is 0 Å². The van der Waals surface area contributed by atoms with E-state index in [2.05, 4.69) is 48.9 Å². The van der Waals surface area contributed by atoms with Gasteiger partial charge in [0.15, 0.2) is 0 Å². The molecule has 4 nitrogen and oxygen atoms in total. The fourth-order valence-corrected chi connectivity index (χ4v) is 3.16. The number of halogens is 2. The van der Waals surface area contributed by atoms with E-state index in [1.807, 2.05) is 17.8 Å². The maximum atomic E-state index is 6.26. The van der Waals surface area contributed by atoms with Crippen molar-refractivity contribution < 1.29 is 0 Å². The van der Waals surface area contributed by atoms with Crippen LogP contribution in [0.25, 0.3) is 0 Å². The molecule has 0 bridgehead atoms. The molecular formula is C13H16Br2N4. The van der Waals surface area contributed by atoms with Gasteiger partial charge in [-0.1, -0.05) is 6.92 Å². The van der Waals surface area contributed by atoms with Crippen LogP contribution in [0.1, 0.15) is 29.9 Å². The van der Waals surface area contributed by atoms with Gasteiger partial charge in [0, 0.05) is 36.4 Å². The minimum atomic E-state index is -0.0959. The summed E-state index contributed by atoms with van der Waals surface area (Å²) in [6, 6.07) is 1.91. The van der Waals surface area contributed by atoms with Gasteiger partial charge in [-0.25, -0.2) is 0 Å². The Labute approximate surface area is 129 Å². The monoisotopic (exact) mass is 386 g/mol. The molecule has 1 unspecified atom stereocenters. The second kappa shape index (κ2) is 6.15. The van der Waals surface area contributed by atoms with Gasteiger partial charge in [-0.3, -0.25) is 9.67 Å². The van der Waals surface area contributed by atoms with Crippen molar-refractivity contribution in [3.63, 3.8) is 0 Å². The van der Waals surface area contributed by atoms with Crippen molar-refractivity contribution in [2.75, 3.05) is 0 Å². The third kappa shape index (κ3) is 3.24. The van der Waals surface area contributed by atoms with E-state index in [0.29, 0.717) is 0 Å². The van der Waals surface area contributed by atoms with Crippen LogP contribution in [0, 0.1) is 0 Å². The summed E-state index contributed by atoms with van der Waals surface area (Å²) in [5.74, 6) is 0. The molecule has 0 aliphatic carbocycles. The summed E-state index contributed by atoms with van der Waals surface area (Å²) in [5.41, 5.74) is 9.46. The van der Waals surface area contributed by atoms with Crippen LogP contribution in [0.5, 0.6) is 0 Å². The summed E-state index contributed by atoms with van der Waals surface area (Å²) in [6.45, 7) is 2.09. The van der Waals surface area contributed by atoms with Crippen LogP contribution >= 0.6 is 31.9 Å². The van der Waals surface area contributed by atoms with Crippen molar-refractivity contribution in [2.45, 2.75) is 25.8 Å². The summed E-state index contributed by atoms with van der Waals surface area (Å²) in [6.07, 6.45) is 5.19. The van der Waals surface area contributed by atoms with Crippen LogP contribution in [-0.4, -0.2) is 14.8 Å². The van der Waals surface area contributed by atoms with Gasteiger partial charge < -0.3 is 5.73 Å². The van der Waals surface area contributed by atoms with Crippen LogP contribution in [0.2, 0.25) is 0 Å². The molecule has 0 amide bonds. The molecule has 2 heterocycles. The maximum absolute atomic E-state index is 6.26. The first-order chi connectivity index (χ1) is 9.02. The lowest BCUT2D eigenvalue weighted by molar-refractivity contribution is 0.635. The quantitative estimate of drug-likeness (QED) is 0.876. The van der Waals surface area contributed by atoms with Crippen molar-refractivity contribution in [3.8, 4) is 0 Å². The number of nitrogens with two attached hydrogens (primary N) is 1. The Hall–Kier alpha value is -0.720. The first-order valence-corrected chi connectivity index (χ1v) is 7.67. The van der Waals surface area contributed by atoms with Gasteiger partial charge in [0.25, 0.3) is 0 Å². The summed E-state index contributed by atoms with van der Waals surface area (Å²) in [7, 11) is 1.95. The number of aryl methyl sites for hydroxylation is 2. The smallest absolute Gasteiger partial charge is 0.0766 e. The third-order valence-corrected chi connectivity index (χ3v) is 4.42. The molecule has 0 radical (unpaired) electrons. The first kappa shape index (κ1) is 14.7. The molecule has 0 aliphatic rings. The average molecular weight is 388 g/mol. The molecule has 19 heavy (non-hydrogen) atoms. The molecule has 102 valence electrons. The molecule has 0 aromatic carbocycles. The van der Waals surface area contributed by atoms with E-state index >= 15 is 0 Å². The van der Waals surface area contributed by atoms with E-state index < -0.39 is 0 Å². The molecule has 2 aromatic heterocycles. The zero-order chi connectivity index (χ0) is 14.0. The highest BCUT2D eigenvalue weighted by Gasteiger charge is 2.16. The minimum Gasteiger partial charge on any atom is -0.324 e. The van der Waals surface area contributed by atoms with E-state index in [-0.39, 0.29) is 6.04 Å². The van der Waals surface area contributed by atoms with Crippen molar-refractivity contribution >= 4 is 31.9 Å². The largest absolute Gasteiger partial charge is 0.324 e. The Balaban J connectivity index is 2.24. The molecule has 0 saturated carbocycles. The highest BCUT2D eigenvalue weighted by molar-refractivity contribution is 9.10. The summed E-state index contributed by atoms with van der Waals surface area (Å²) in [5, 5.41) is 4.48. The van der Waals surface area contributed by atoms with E-state index in [1.54, 1.807) is 12.4 Å². The van der Waals surface area contributed by atoms with Crippen molar-refractivity contribution in [3.05, 3.63) is 44.4 Å². The molecule has 0 aliphatic heterocycles. The van der Waals surface area contributed by atoms with Gasteiger partial charge >= 0.3 is 0 Å². The second-order valence-electron chi connectivity index (χ2n) is 4.43. The van der Waals surface area contributed by atoms with Crippen LogP contribution in [0.15, 0.2) is 27.4 Å². The number of nitrogens with zero attached hydrogens (tertiary/aromatic N) is 3. The molecular weight excluding hydrogens is 372 g/mol. The Morgan fingerprint density at radius 1 is 1.37 bits per heavy atom. The zero-order valence-corrected chi connectivity index (χ0v) is 14.1. The Morgan fingerprint density at radius 3 is 2.68 bits per heavy atom. The van der Waals surface area contributed by atoms with Crippen LogP contribution in [0.3, 0.4) is 0 Å². The lowest BCUT2D eigenvalue weighted by Gasteiger charge is -2.12. The number of hydrogen-bond donors (Lipinski definition) is 1. The van der Waals surface area contributed by atoms with Crippen LogP contribution in [0.4, 0.5) is 0 Å². The van der Waals surface area contributed by atoms with E-state index in [1.165, 1.54) is 0 Å². The van der Waals surface area contributed by atoms with Gasteiger partial charge in [-0.05, 0) is 49.9 Å². The highest BCUT2D eigenvalue weighted by atomic mass is 79.9. The molecule has 6 heteroatoms. The van der Waals surface area contributed by atoms with Gasteiger partial charge in [-0.2, -0.15) is 5.10 Å². The molecule has 0 spiro atoms. The van der Waals surface area contributed by atoms with Gasteiger partial charge in [-0.15, -0.1) is 0 Å². The Morgan fingerprint density at radius 2 is 2.11 bits per heavy atom. The van der Waals surface area contributed by atoms with Crippen molar-refractivity contribution in [2.24, 2.45) is 12.8 Å². The standard InChI is InChI=1S/C13H16Br2N4/c1-3-11-13(15)12(19(2)18-11)5-10(16)8-4-9(14)7-17-6-8/h4,6-7,10H,3,5,16H2,1-2H3. The van der Waals surface area contributed by atoms with E-state index in [0.717, 1.165) is 38.7 Å². The van der Waals surface area contributed by atoms with Gasteiger partial charge in [0.05, 0.1) is 15.9 Å². The topological polar surface area (TPSA) is 56.7 Å². The minimum absolute atomic E-state index is 0.0959. The van der Waals surface area contributed by atoms with Crippen LogP contribution < -0.4 is 5.73 Å². The molecule has 1 atom stereocenters. The van der Waals surface area contributed by atoms with Gasteiger partial charge in [0.2, 0.25) is 0 Å². The summed E-state index contributed by atoms with van der Waals surface area (Å²) < 4.78 is 3.91. The fourth-order valence-electron chi connectivity index (χ4n) is 2.00. The summed E-state index contributed by atoms with van der Waals surface area (Å²) in [4.78, 5) is 4.15. The molecule has 0 saturated heterocycles. The predicted molar refractivity (Wildman–Crippen MR) is 82.9 cm³/mol. The lowest BCUT2D eigenvalue weighted by Crippen LogP contribution is -2.16. The second-order valence-corrected chi connectivity index (χ2v) is 6.14. The average Bonchev–Trinajstić information content (AvgIpc) is 2.66. The van der Waals surface area contributed by atoms with Crippen LogP contribution in [-0.2, 0) is 19.9 Å². The molecule has 2 rings (SSSR count). The fraction of sp³-hybridized carbons (Fsp3) is 0.385. The van der Waals surface area contributed by atoms with E-state index in [4.69, 9.17) is 5.73 Å². The number of aromatic nitrogens is 3. The molecule has 2 aromatic rings. The Kier molecular flexibility index (Phi) is 4.76. The zero-order valence-electron chi connectivity index (χ0n) is 10.9. The maximum Gasteiger partial charge on any atom is 0.0766 e. The number of hydrogen-bond acceptors (Lipinski definition) is 3. The van der Waals surface area contributed by atoms with Crippen molar-refractivity contribution in [1.82, 2.24) is 14.8 Å². The first-order valence-electron chi connectivity index (χ1n) is 6.09. The predicted octanol–water partition coefficient (Wildman–Crippen LogP) is 3.15. The summed E-state index contributed by atoms with van der Waals surface area (Å²) >= 11 is 7.03. The Bertz CT molecular complexity index is 580. The normalized spacial score (nSPS) is 12.7. The number of rotatable bonds is 4.